The second kappa shape index (κ2) is 6.84. The van der Waals surface area contributed by atoms with Crippen molar-refractivity contribution in [2.45, 2.75) is 36.6 Å². The maximum Gasteiger partial charge on any atom is 0.119 e. The summed E-state index contributed by atoms with van der Waals surface area (Å²) in [5.74, 6) is 0.176. The van der Waals surface area contributed by atoms with Gasteiger partial charge in [-0.05, 0) is 12.1 Å². The highest BCUT2D eigenvalue weighted by molar-refractivity contribution is 5.30. The van der Waals surface area contributed by atoms with Crippen LogP contribution >= 0.6 is 0 Å². The van der Waals surface area contributed by atoms with Crippen LogP contribution in [0.1, 0.15) is 0 Å². The first kappa shape index (κ1) is 16.6. The zero-order valence-electron chi connectivity index (χ0n) is 10.4. The first-order valence-electron chi connectivity index (χ1n) is 5.82. The average Bonchev–Trinajstić information content (AvgIpc) is 2.41. The lowest BCUT2D eigenvalue weighted by Crippen LogP contribution is -2.63. The van der Waals surface area contributed by atoms with Crippen molar-refractivity contribution in [1.82, 2.24) is 0 Å². The van der Waals surface area contributed by atoms with Crippen molar-refractivity contribution in [2.24, 2.45) is 0 Å². The molecule has 1 fully saturated rings. The quantitative estimate of drug-likeness (QED) is 0.255. The summed E-state index contributed by atoms with van der Waals surface area (Å²) in [5.41, 5.74) is 0. The molecule has 0 bridgehead atoms. The van der Waals surface area contributed by atoms with Crippen molar-refractivity contribution in [3.63, 3.8) is 0 Å². The predicted molar refractivity (Wildman–Crippen MR) is 65.8 cm³/mol. The third-order valence-corrected chi connectivity index (χ3v) is 2.93. The Hall–Kier alpha value is -1.42. The van der Waals surface area contributed by atoms with Gasteiger partial charge in [-0.1, -0.05) is 6.07 Å². The molecule has 0 aliphatic heterocycles. The summed E-state index contributed by atoms with van der Waals surface area (Å²) >= 11 is 0. The molecule has 0 atom stereocenters. The second-order valence-corrected chi connectivity index (χ2v) is 4.46. The van der Waals surface area contributed by atoms with Gasteiger partial charge in [0.15, 0.2) is 0 Å². The predicted octanol–water partition coefficient (Wildman–Crippen LogP) is -2.74. The van der Waals surface area contributed by atoms with E-state index in [2.05, 4.69) is 0 Å². The summed E-state index contributed by atoms with van der Waals surface area (Å²) in [6.07, 6.45) is -9.84. The Bertz CT molecular complexity index is 350. The molecule has 0 aromatic heterocycles. The Kier molecular flexibility index (Phi) is 5.69. The molecular formula is C12H18O8. The largest absolute Gasteiger partial charge is 0.508 e. The molecule has 20 heavy (non-hydrogen) atoms. The van der Waals surface area contributed by atoms with E-state index in [4.69, 9.17) is 40.9 Å². The van der Waals surface area contributed by atoms with Crippen molar-refractivity contribution in [2.75, 3.05) is 0 Å². The Morgan fingerprint density at radius 1 is 0.550 bits per heavy atom. The molecule has 114 valence electrons. The van der Waals surface area contributed by atoms with Gasteiger partial charge in [-0.3, -0.25) is 0 Å². The SMILES string of the molecule is OC1C(O)C(O)C(O)C(O)C1O.Oc1cccc(O)c1. The van der Waals surface area contributed by atoms with E-state index in [1.807, 2.05) is 0 Å². The van der Waals surface area contributed by atoms with Crippen molar-refractivity contribution >= 4 is 0 Å². The van der Waals surface area contributed by atoms with E-state index in [-0.39, 0.29) is 11.5 Å². The van der Waals surface area contributed by atoms with Gasteiger partial charge in [0, 0.05) is 6.07 Å². The van der Waals surface area contributed by atoms with Crippen LogP contribution in [0.5, 0.6) is 11.5 Å². The van der Waals surface area contributed by atoms with Gasteiger partial charge in [0.05, 0.1) is 0 Å². The van der Waals surface area contributed by atoms with E-state index in [0.717, 1.165) is 0 Å². The van der Waals surface area contributed by atoms with Gasteiger partial charge in [0.2, 0.25) is 0 Å². The lowest BCUT2D eigenvalue weighted by atomic mass is 9.85. The third-order valence-electron chi connectivity index (χ3n) is 2.93. The van der Waals surface area contributed by atoms with Crippen molar-refractivity contribution in [3.8, 4) is 11.5 Å². The van der Waals surface area contributed by atoms with Crippen LogP contribution in [-0.4, -0.2) is 77.5 Å². The molecule has 1 aliphatic rings. The van der Waals surface area contributed by atoms with Crippen molar-refractivity contribution < 1.29 is 40.9 Å². The minimum absolute atomic E-state index is 0.0880. The van der Waals surface area contributed by atoms with Crippen LogP contribution in [-0.2, 0) is 0 Å². The standard InChI is InChI=1S/C6H12O6.C6H6O2/c7-1-2(8)4(10)6(12)5(11)3(1)9;7-5-2-1-3-6(8)4-5/h1-12H;1-4,7-8H. The molecular weight excluding hydrogens is 272 g/mol. The fourth-order valence-electron chi connectivity index (χ4n) is 1.71. The van der Waals surface area contributed by atoms with Gasteiger partial charge in [-0.2, -0.15) is 0 Å². The van der Waals surface area contributed by atoms with Crippen molar-refractivity contribution in [3.05, 3.63) is 24.3 Å². The third kappa shape index (κ3) is 3.79. The van der Waals surface area contributed by atoms with Crippen LogP contribution in [0.25, 0.3) is 0 Å². The van der Waals surface area contributed by atoms with Crippen LogP contribution in [0.15, 0.2) is 24.3 Å². The number of phenols is 2. The van der Waals surface area contributed by atoms with Crippen LogP contribution in [0.4, 0.5) is 0 Å². The van der Waals surface area contributed by atoms with Crippen molar-refractivity contribution in [1.29, 1.82) is 0 Å². The summed E-state index contributed by atoms with van der Waals surface area (Å²) in [6.45, 7) is 0. The first-order valence-corrected chi connectivity index (χ1v) is 5.82. The zero-order valence-corrected chi connectivity index (χ0v) is 10.4. The van der Waals surface area contributed by atoms with E-state index < -0.39 is 36.6 Å². The number of hydrogen-bond donors (Lipinski definition) is 8. The van der Waals surface area contributed by atoms with E-state index in [9.17, 15) is 0 Å². The number of rotatable bonds is 0. The Labute approximate surface area is 114 Å². The number of aliphatic hydroxyl groups excluding tert-OH is 6. The number of benzene rings is 1. The Balaban J connectivity index is 0.000000217. The molecule has 1 saturated carbocycles. The number of aliphatic hydroxyl groups is 6. The molecule has 1 aromatic carbocycles. The van der Waals surface area contributed by atoms with E-state index in [1.165, 1.54) is 18.2 Å². The minimum Gasteiger partial charge on any atom is -0.508 e. The molecule has 8 heteroatoms. The van der Waals surface area contributed by atoms with E-state index in [1.54, 1.807) is 6.07 Å². The van der Waals surface area contributed by atoms with Crippen LogP contribution < -0.4 is 0 Å². The Morgan fingerprint density at radius 2 is 0.800 bits per heavy atom. The van der Waals surface area contributed by atoms with Gasteiger partial charge < -0.3 is 40.9 Å². The number of phenolic OH excluding ortho intramolecular Hbond substituents is 2. The molecule has 8 N–H and O–H groups in total. The van der Waals surface area contributed by atoms with Gasteiger partial charge in [0.1, 0.15) is 48.1 Å². The highest BCUT2D eigenvalue weighted by Crippen LogP contribution is 2.21. The van der Waals surface area contributed by atoms with Gasteiger partial charge in [-0.25, -0.2) is 0 Å². The highest BCUT2D eigenvalue weighted by atomic mass is 16.4. The number of aromatic hydroxyl groups is 2. The van der Waals surface area contributed by atoms with E-state index in [0.29, 0.717) is 0 Å². The summed E-state index contributed by atoms with van der Waals surface area (Å²) in [4.78, 5) is 0. The molecule has 0 saturated heterocycles. The maximum absolute atomic E-state index is 8.97. The molecule has 0 heterocycles. The molecule has 0 unspecified atom stereocenters. The molecule has 0 spiro atoms. The summed E-state index contributed by atoms with van der Waals surface area (Å²) < 4.78 is 0. The smallest absolute Gasteiger partial charge is 0.119 e. The topological polar surface area (TPSA) is 162 Å². The first-order chi connectivity index (χ1) is 9.25. The fourth-order valence-corrected chi connectivity index (χ4v) is 1.71. The van der Waals surface area contributed by atoms with E-state index >= 15 is 0 Å². The van der Waals surface area contributed by atoms with Crippen LogP contribution in [0, 0.1) is 0 Å². The van der Waals surface area contributed by atoms with Gasteiger partial charge in [0.25, 0.3) is 0 Å². The average molecular weight is 290 g/mol. The van der Waals surface area contributed by atoms with Crippen LogP contribution in [0.3, 0.4) is 0 Å². The molecule has 1 aliphatic carbocycles. The summed E-state index contributed by atoms with van der Waals surface area (Å²) in [5, 5.41) is 71.1. The Morgan fingerprint density at radius 3 is 0.950 bits per heavy atom. The second-order valence-electron chi connectivity index (χ2n) is 4.46. The highest BCUT2D eigenvalue weighted by Gasteiger charge is 2.47. The summed E-state index contributed by atoms with van der Waals surface area (Å²) in [6, 6.07) is 5.85. The lowest BCUT2D eigenvalue weighted by molar-refractivity contribution is -0.223. The van der Waals surface area contributed by atoms with Crippen LogP contribution in [0.2, 0.25) is 0 Å². The molecule has 2 rings (SSSR count). The molecule has 1 aromatic rings. The lowest BCUT2D eigenvalue weighted by Gasteiger charge is -2.39. The number of hydrogen-bond acceptors (Lipinski definition) is 8. The molecule has 8 nitrogen and oxygen atoms in total. The fraction of sp³-hybridized carbons (Fsp3) is 0.500. The normalized spacial score (nSPS) is 36.9. The van der Waals surface area contributed by atoms with Gasteiger partial charge >= 0.3 is 0 Å². The zero-order chi connectivity index (χ0) is 15.4. The molecule has 0 radical (unpaired) electrons. The molecule has 0 amide bonds. The summed E-state index contributed by atoms with van der Waals surface area (Å²) in [7, 11) is 0. The monoisotopic (exact) mass is 290 g/mol. The minimum atomic E-state index is -1.64. The maximum atomic E-state index is 8.97. The van der Waals surface area contributed by atoms with Gasteiger partial charge in [-0.15, -0.1) is 0 Å².